The van der Waals surface area contributed by atoms with Crippen molar-refractivity contribution in [2.75, 3.05) is 19.8 Å². The molecule has 0 aromatic rings. The van der Waals surface area contributed by atoms with Crippen molar-refractivity contribution in [1.29, 1.82) is 0 Å². The minimum Gasteiger partial charge on any atom is -0.343 e. The second-order valence-electron chi connectivity index (χ2n) is 3.21. The van der Waals surface area contributed by atoms with Gasteiger partial charge in [-0.05, 0) is 12.0 Å². The molecule has 0 radical (unpaired) electrons. The number of rotatable bonds is 4. The molecule has 0 aromatic heterocycles. The van der Waals surface area contributed by atoms with Gasteiger partial charge < -0.3 is 9.47 Å². The van der Waals surface area contributed by atoms with Crippen molar-refractivity contribution in [3.05, 3.63) is 10.4 Å². The van der Waals surface area contributed by atoms with Gasteiger partial charge in [0.15, 0.2) is 6.29 Å². The lowest BCUT2D eigenvalue weighted by molar-refractivity contribution is -0.254. The van der Waals surface area contributed by atoms with E-state index in [0.29, 0.717) is 25.4 Å². The average molecular weight is 199 g/mol. The third kappa shape index (κ3) is 2.45. The summed E-state index contributed by atoms with van der Waals surface area (Å²) < 4.78 is 10.5. The van der Waals surface area contributed by atoms with Gasteiger partial charge in [-0.3, -0.25) is 4.79 Å². The van der Waals surface area contributed by atoms with Gasteiger partial charge in [-0.25, -0.2) is 0 Å². The molecule has 1 aliphatic rings. The van der Waals surface area contributed by atoms with Crippen molar-refractivity contribution in [3.8, 4) is 0 Å². The second-order valence-corrected chi connectivity index (χ2v) is 3.21. The summed E-state index contributed by atoms with van der Waals surface area (Å²) in [5.74, 6) is -1.04. The molecule has 1 fully saturated rings. The first-order valence-electron chi connectivity index (χ1n) is 4.51. The van der Waals surface area contributed by atoms with Gasteiger partial charge in [0, 0.05) is 10.8 Å². The molecule has 0 aliphatic carbocycles. The van der Waals surface area contributed by atoms with E-state index in [9.17, 15) is 4.79 Å². The summed E-state index contributed by atoms with van der Waals surface area (Å²) in [6.07, 6.45) is 1.49. The number of carbonyl (C=O) groups is 1. The van der Waals surface area contributed by atoms with Gasteiger partial charge in [-0.15, -0.1) is 0 Å². The van der Waals surface area contributed by atoms with Crippen molar-refractivity contribution in [2.45, 2.75) is 19.1 Å². The normalized spacial score (nSPS) is 31.9. The van der Waals surface area contributed by atoms with E-state index in [1.807, 2.05) is 6.92 Å². The van der Waals surface area contributed by atoms with Gasteiger partial charge in [0.2, 0.25) is 5.79 Å². The SMILES string of the molecule is CCC1COC(C=O)(CN=[N+]=[N-])OC1. The van der Waals surface area contributed by atoms with Crippen LogP contribution in [0, 0.1) is 5.92 Å². The zero-order chi connectivity index (χ0) is 10.4. The molecule has 6 heteroatoms. The van der Waals surface area contributed by atoms with Crippen molar-refractivity contribution >= 4 is 6.29 Å². The van der Waals surface area contributed by atoms with E-state index in [1.165, 1.54) is 0 Å². The molecular weight excluding hydrogens is 186 g/mol. The highest BCUT2D eigenvalue weighted by molar-refractivity contribution is 5.60. The molecule has 0 N–H and O–H groups in total. The van der Waals surface area contributed by atoms with Gasteiger partial charge in [-0.1, -0.05) is 12.0 Å². The van der Waals surface area contributed by atoms with E-state index >= 15 is 0 Å². The summed E-state index contributed by atoms with van der Waals surface area (Å²) in [4.78, 5) is 13.3. The molecule has 1 rings (SSSR count). The van der Waals surface area contributed by atoms with Crippen LogP contribution >= 0.6 is 0 Å². The highest BCUT2D eigenvalue weighted by Crippen LogP contribution is 2.22. The molecule has 0 saturated carbocycles. The Morgan fingerprint density at radius 1 is 1.64 bits per heavy atom. The van der Waals surface area contributed by atoms with Crippen molar-refractivity contribution < 1.29 is 14.3 Å². The Hall–Kier alpha value is -1.10. The van der Waals surface area contributed by atoms with Crippen LogP contribution in [0.1, 0.15) is 13.3 Å². The predicted octanol–water partition coefficient (Wildman–Crippen LogP) is 1.26. The predicted molar refractivity (Wildman–Crippen MR) is 48.5 cm³/mol. The highest BCUT2D eigenvalue weighted by Gasteiger charge is 2.36. The molecule has 0 amide bonds. The van der Waals surface area contributed by atoms with Crippen LogP contribution in [-0.2, 0) is 14.3 Å². The number of nitrogens with zero attached hydrogens (tertiary/aromatic N) is 3. The second kappa shape index (κ2) is 4.95. The van der Waals surface area contributed by atoms with E-state index in [-0.39, 0.29) is 6.54 Å². The van der Waals surface area contributed by atoms with Gasteiger partial charge in [0.05, 0.1) is 19.8 Å². The Morgan fingerprint density at radius 2 is 2.29 bits per heavy atom. The molecular formula is C8H13N3O3. The first-order chi connectivity index (χ1) is 6.76. The Kier molecular flexibility index (Phi) is 3.88. The van der Waals surface area contributed by atoms with Crippen molar-refractivity contribution in [3.63, 3.8) is 0 Å². The lowest BCUT2D eigenvalue weighted by Gasteiger charge is -2.34. The van der Waals surface area contributed by atoms with Crippen LogP contribution in [0.2, 0.25) is 0 Å². The third-order valence-electron chi connectivity index (χ3n) is 2.24. The summed E-state index contributed by atoms with van der Waals surface area (Å²) in [5.41, 5.74) is 8.14. The maximum Gasteiger partial charge on any atom is 0.231 e. The quantitative estimate of drug-likeness (QED) is 0.295. The summed E-state index contributed by atoms with van der Waals surface area (Å²) in [5, 5.41) is 3.29. The monoisotopic (exact) mass is 199 g/mol. The molecule has 78 valence electrons. The largest absolute Gasteiger partial charge is 0.343 e. The Labute approximate surface area is 81.8 Å². The molecule has 6 nitrogen and oxygen atoms in total. The average Bonchev–Trinajstić information content (AvgIpc) is 2.27. The molecule has 1 aliphatic heterocycles. The molecule has 14 heavy (non-hydrogen) atoms. The van der Waals surface area contributed by atoms with Gasteiger partial charge in [0.1, 0.15) is 0 Å². The number of ether oxygens (including phenoxy) is 2. The zero-order valence-electron chi connectivity index (χ0n) is 8.05. The molecule has 0 spiro atoms. The number of carbonyl (C=O) groups excluding carboxylic acids is 1. The van der Waals surface area contributed by atoms with E-state index in [4.69, 9.17) is 15.0 Å². The number of hydrogen-bond donors (Lipinski definition) is 0. The fourth-order valence-electron chi connectivity index (χ4n) is 1.17. The minimum absolute atomic E-state index is 0.108. The topological polar surface area (TPSA) is 84.3 Å². The van der Waals surface area contributed by atoms with Gasteiger partial charge in [-0.2, -0.15) is 0 Å². The van der Waals surface area contributed by atoms with Gasteiger partial charge >= 0.3 is 0 Å². The first kappa shape index (κ1) is 11.0. The highest BCUT2D eigenvalue weighted by atomic mass is 16.7. The Balaban J connectivity index is 2.56. The van der Waals surface area contributed by atoms with E-state index in [0.717, 1.165) is 6.42 Å². The van der Waals surface area contributed by atoms with Crippen LogP contribution in [0.15, 0.2) is 5.11 Å². The molecule has 0 unspecified atom stereocenters. The number of hydrogen-bond acceptors (Lipinski definition) is 4. The lowest BCUT2D eigenvalue weighted by Crippen LogP contribution is -2.47. The number of azide groups is 1. The van der Waals surface area contributed by atoms with Crippen LogP contribution in [0.5, 0.6) is 0 Å². The third-order valence-corrected chi connectivity index (χ3v) is 2.24. The fraction of sp³-hybridized carbons (Fsp3) is 0.875. The Bertz CT molecular complexity index is 242. The molecule has 0 aromatic carbocycles. The maximum atomic E-state index is 10.7. The molecule has 0 atom stereocenters. The van der Waals surface area contributed by atoms with Crippen LogP contribution in [-0.4, -0.2) is 31.8 Å². The van der Waals surface area contributed by atoms with Crippen LogP contribution in [0.4, 0.5) is 0 Å². The van der Waals surface area contributed by atoms with Crippen LogP contribution < -0.4 is 0 Å². The van der Waals surface area contributed by atoms with E-state index < -0.39 is 5.79 Å². The van der Waals surface area contributed by atoms with E-state index in [2.05, 4.69) is 10.0 Å². The summed E-state index contributed by atoms with van der Waals surface area (Å²) in [7, 11) is 0. The van der Waals surface area contributed by atoms with Crippen molar-refractivity contribution in [1.82, 2.24) is 0 Å². The standard InChI is InChI=1S/C8H13N3O3/c1-2-7-3-13-8(6-12,14-4-7)5-10-11-9/h6-7H,2-5H2,1H3. The fourth-order valence-corrected chi connectivity index (χ4v) is 1.17. The Morgan fingerprint density at radius 3 is 2.71 bits per heavy atom. The van der Waals surface area contributed by atoms with Crippen LogP contribution in [0.25, 0.3) is 10.4 Å². The summed E-state index contributed by atoms with van der Waals surface area (Å²) >= 11 is 0. The number of aldehydes is 1. The van der Waals surface area contributed by atoms with E-state index in [1.54, 1.807) is 0 Å². The molecule has 1 heterocycles. The summed E-state index contributed by atoms with van der Waals surface area (Å²) in [6, 6.07) is 0. The first-order valence-corrected chi connectivity index (χ1v) is 4.51. The lowest BCUT2D eigenvalue weighted by atomic mass is 10.1. The minimum atomic E-state index is -1.35. The smallest absolute Gasteiger partial charge is 0.231 e. The zero-order valence-corrected chi connectivity index (χ0v) is 8.05. The molecule has 1 saturated heterocycles. The maximum absolute atomic E-state index is 10.7. The van der Waals surface area contributed by atoms with Crippen molar-refractivity contribution in [2.24, 2.45) is 11.0 Å². The molecule has 0 bridgehead atoms. The van der Waals surface area contributed by atoms with Gasteiger partial charge in [0.25, 0.3) is 0 Å². The van der Waals surface area contributed by atoms with Crippen LogP contribution in [0.3, 0.4) is 0 Å². The summed E-state index contributed by atoms with van der Waals surface area (Å²) in [6.45, 7) is 2.86.